The normalized spacial score (nSPS) is 10.6. The molecule has 0 aliphatic heterocycles. The maximum Gasteiger partial charge on any atom is 0.221 e. The minimum absolute atomic E-state index is 0.612. The predicted molar refractivity (Wildman–Crippen MR) is 64.3 cm³/mol. The van der Waals surface area contributed by atoms with Crippen LogP contribution in [0.15, 0.2) is 0 Å². The van der Waals surface area contributed by atoms with Gasteiger partial charge in [0.15, 0.2) is 0 Å². The molecule has 5 nitrogen and oxygen atoms in total. The summed E-state index contributed by atoms with van der Waals surface area (Å²) in [6.07, 6.45) is 1.01. The van der Waals surface area contributed by atoms with E-state index in [0.29, 0.717) is 30.0 Å². The van der Waals surface area contributed by atoms with Crippen LogP contribution < -0.4 is 16.0 Å². The molecule has 0 radical (unpaired) electrons. The Bertz CT molecular complexity index is 352. The summed E-state index contributed by atoms with van der Waals surface area (Å²) >= 11 is 0. The molecule has 90 valence electrons. The van der Waals surface area contributed by atoms with Crippen LogP contribution in [-0.4, -0.2) is 16.6 Å². The van der Waals surface area contributed by atoms with Crippen LogP contribution in [0.4, 0.5) is 5.82 Å². The lowest BCUT2D eigenvalue weighted by Gasteiger charge is -2.12. The van der Waals surface area contributed by atoms with Crippen molar-refractivity contribution in [3.05, 3.63) is 11.4 Å². The van der Waals surface area contributed by atoms with Crippen molar-refractivity contribution in [1.82, 2.24) is 9.97 Å². The zero-order valence-electron chi connectivity index (χ0n) is 10.4. The first-order chi connectivity index (χ1) is 7.54. The Balaban J connectivity index is 2.75. The molecule has 1 aromatic heterocycles. The Labute approximate surface area is 96.4 Å². The molecule has 0 fully saturated rings. The van der Waals surface area contributed by atoms with Crippen molar-refractivity contribution in [1.29, 1.82) is 0 Å². The maximum atomic E-state index is 5.62. The number of hydrazine groups is 1. The SMILES string of the molecule is Cc1nc(NN)c(C)c(OCCC(C)C)n1. The van der Waals surface area contributed by atoms with Gasteiger partial charge in [0.2, 0.25) is 5.88 Å². The van der Waals surface area contributed by atoms with Gasteiger partial charge in [0, 0.05) is 0 Å². The molecule has 0 aliphatic carbocycles. The topological polar surface area (TPSA) is 73.1 Å². The first-order valence-corrected chi connectivity index (χ1v) is 5.49. The lowest BCUT2D eigenvalue weighted by molar-refractivity contribution is 0.276. The molecule has 0 bridgehead atoms. The molecular formula is C11H20N4O. The molecule has 0 amide bonds. The highest BCUT2D eigenvalue weighted by Gasteiger charge is 2.09. The number of aryl methyl sites for hydroxylation is 1. The lowest BCUT2D eigenvalue weighted by Crippen LogP contribution is -2.13. The molecule has 0 aromatic carbocycles. The smallest absolute Gasteiger partial charge is 0.221 e. The van der Waals surface area contributed by atoms with E-state index < -0.39 is 0 Å². The quantitative estimate of drug-likeness (QED) is 0.589. The van der Waals surface area contributed by atoms with Crippen molar-refractivity contribution in [3.8, 4) is 5.88 Å². The van der Waals surface area contributed by atoms with Gasteiger partial charge in [0.25, 0.3) is 0 Å². The molecule has 0 unspecified atom stereocenters. The molecule has 0 atom stereocenters. The van der Waals surface area contributed by atoms with Crippen LogP contribution in [0.25, 0.3) is 0 Å². The van der Waals surface area contributed by atoms with Crippen molar-refractivity contribution < 1.29 is 4.74 Å². The third kappa shape index (κ3) is 3.34. The van der Waals surface area contributed by atoms with Crippen molar-refractivity contribution in [2.75, 3.05) is 12.0 Å². The predicted octanol–water partition coefficient (Wildman–Crippen LogP) is 1.80. The summed E-state index contributed by atoms with van der Waals surface area (Å²) in [7, 11) is 0. The molecular weight excluding hydrogens is 204 g/mol. The van der Waals surface area contributed by atoms with Gasteiger partial charge in [-0.3, -0.25) is 0 Å². The van der Waals surface area contributed by atoms with Gasteiger partial charge in [-0.1, -0.05) is 13.8 Å². The number of rotatable bonds is 5. The van der Waals surface area contributed by atoms with Crippen LogP contribution in [0.1, 0.15) is 31.7 Å². The molecule has 1 heterocycles. The maximum absolute atomic E-state index is 5.62. The Kier molecular flexibility index (Phi) is 4.49. The van der Waals surface area contributed by atoms with Crippen molar-refractivity contribution in [3.63, 3.8) is 0 Å². The summed E-state index contributed by atoms with van der Waals surface area (Å²) in [4.78, 5) is 8.42. The fraction of sp³-hybridized carbons (Fsp3) is 0.636. The van der Waals surface area contributed by atoms with E-state index in [1.165, 1.54) is 0 Å². The third-order valence-electron chi connectivity index (χ3n) is 2.28. The lowest BCUT2D eigenvalue weighted by atomic mass is 10.1. The van der Waals surface area contributed by atoms with Crippen LogP contribution in [0.3, 0.4) is 0 Å². The van der Waals surface area contributed by atoms with Gasteiger partial charge in [0.1, 0.15) is 11.6 Å². The molecule has 0 saturated heterocycles. The molecule has 0 saturated carbocycles. The highest BCUT2D eigenvalue weighted by Crippen LogP contribution is 2.21. The Hall–Kier alpha value is -1.36. The molecule has 0 aliphatic rings. The van der Waals surface area contributed by atoms with Crippen LogP contribution in [0.5, 0.6) is 5.88 Å². The number of nitrogens with two attached hydrogens (primary N) is 1. The van der Waals surface area contributed by atoms with Gasteiger partial charge in [-0.25, -0.2) is 10.8 Å². The van der Waals surface area contributed by atoms with E-state index in [0.717, 1.165) is 12.0 Å². The van der Waals surface area contributed by atoms with E-state index in [-0.39, 0.29) is 0 Å². The average molecular weight is 224 g/mol. The summed E-state index contributed by atoms with van der Waals surface area (Å²) in [5.41, 5.74) is 3.39. The monoisotopic (exact) mass is 224 g/mol. The van der Waals surface area contributed by atoms with E-state index in [9.17, 15) is 0 Å². The van der Waals surface area contributed by atoms with Crippen molar-refractivity contribution in [2.24, 2.45) is 11.8 Å². The largest absolute Gasteiger partial charge is 0.477 e. The van der Waals surface area contributed by atoms with Gasteiger partial charge in [0.05, 0.1) is 12.2 Å². The average Bonchev–Trinajstić information content (AvgIpc) is 2.22. The number of nitrogens with zero attached hydrogens (tertiary/aromatic N) is 2. The van der Waals surface area contributed by atoms with E-state index in [2.05, 4.69) is 29.2 Å². The first-order valence-electron chi connectivity index (χ1n) is 5.49. The summed E-state index contributed by atoms with van der Waals surface area (Å²) in [6, 6.07) is 0. The summed E-state index contributed by atoms with van der Waals surface area (Å²) in [5, 5.41) is 0. The van der Waals surface area contributed by atoms with Gasteiger partial charge in [-0.15, -0.1) is 0 Å². The summed E-state index contributed by atoms with van der Waals surface area (Å²) in [5.74, 6) is 7.87. The second-order valence-corrected chi connectivity index (χ2v) is 4.22. The van der Waals surface area contributed by atoms with E-state index in [1.54, 1.807) is 0 Å². The second kappa shape index (κ2) is 5.65. The van der Waals surface area contributed by atoms with Gasteiger partial charge >= 0.3 is 0 Å². The van der Waals surface area contributed by atoms with E-state index >= 15 is 0 Å². The number of hydrogen-bond acceptors (Lipinski definition) is 5. The minimum Gasteiger partial charge on any atom is -0.477 e. The summed E-state index contributed by atoms with van der Waals surface area (Å²) in [6.45, 7) is 8.69. The number of aromatic nitrogens is 2. The molecule has 1 rings (SSSR count). The zero-order chi connectivity index (χ0) is 12.1. The fourth-order valence-corrected chi connectivity index (χ4v) is 1.28. The van der Waals surface area contributed by atoms with Crippen LogP contribution in [-0.2, 0) is 0 Å². The van der Waals surface area contributed by atoms with Gasteiger partial charge in [-0.2, -0.15) is 4.98 Å². The fourth-order valence-electron chi connectivity index (χ4n) is 1.28. The molecule has 16 heavy (non-hydrogen) atoms. The first kappa shape index (κ1) is 12.7. The number of nitrogen functional groups attached to an aromatic ring is 1. The highest BCUT2D eigenvalue weighted by molar-refractivity contribution is 5.47. The Morgan fingerprint density at radius 2 is 2.00 bits per heavy atom. The number of ether oxygens (including phenoxy) is 1. The summed E-state index contributed by atoms with van der Waals surface area (Å²) < 4.78 is 5.62. The van der Waals surface area contributed by atoms with E-state index in [1.807, 2.05) is 13.8 Å². The van der Waals surface area contributed by atoms with Crippen molar-refractivity contribution in [2.45, 2.75) is 34.1 Å². The van der Waals surface area contributed by atoms with Gasteiger partial charge < -0.3 is 10.2 Å². The molecule has 3 N–H and O–H groups in total. The number of nitrogens with one attached hydrogen (secondary N) is 1. The van der Waals surface area contributed by atoms with Crippen LogP contribution >= 0.6 is 0 Å². The van der Waals surface area contributed by atoms with Gasteiger partial charge in [-0.05, 0) is 26.2 Å². The second-order valence-electron chi connectivity index (χ2n) is 4.22. The Morgan fingerprint density at radius 1 is 1.31 bits per heavy atom. The number of anilines is 1. The van der Waals surface area contributed by atoms with Crippen LogP contribution in [0, 0.1) is 19.8 Å². The molecule has 1 aromatic rings. The van der Waals surface area contributed by atoms with Crippen molar-refractivity contribution >= 4 is 5.82 Å². The van der Waals surface area contributed by atoms with Crippen LogP contribution in [0.2, 0.25) is 0 Å². The standard InChI is InChI=1S/C11H20N4O/c1-7(2)5-6-16-11-8(3)10(15-12)13-9(4)14-11/h7H,5-6,12H2,1-4H3,(H,13,14,15). The third-order valence-corrected chi connectivity index (χ3v) is 2.28. The molecule has 0 spiro atoms. The highest BCUT2D eigenvalue weighted by atomic mass is 16.5. The zero-order valence-corrected chi connectivity index (χ0v) is 10.4. The molecule has 5 heteroatoms. The Morgan fingerprint density at radius 3 is 2.56 bits per heavy atom. The van der Waals surface area contributed by atoms with E-state index in [4.69, 9.17) is 10.6 Å². The number of hydrogen-bond donors (Lipinski definition) is 2. The minimum atomic E-state index is 0.612.